The van der Waals surface area contributed by atoms with E-state index in [0.29, 0.717) is 6.04 Å². The maximum Gasteiger partial charge on any atom is 0.124 e. The number of benzene rings is 1. The van der Waals surface area contributed by atoms with Crippen LogP contribution in [0.2, 0.25) is 0 Å². The van der Waals surface area contributed by atoms with Crippen molar-refractivity contribution in [1.29, 1.82) is 0 Å². The van der Waals surface area contributed by atoms with Crippen LogP contribution >= 0.6 is 0 Å². The molecule has 2 heteroatoms. The van der Waals surface area contributed by atoms with Crippen molar-refractivity contribution in [3.8, 4) is 0 Å². The third-order valence-corrected chi connectivity index (χ3v) is 6.60. The third kappa shape index (κ3) is 2.29. The van der Waals surface area contributed by atoms with Gasteiger partial charge in [0.15, 0.2) is 0 Å². The maximum absolute atomic E-state index is 6.46. The second-order valence-corrected chi connectivity index (χ2v) is 9.01. The van der Waals surface area contributed by atoms with Gasteiger partial charge < -0.3 is 4.74 Å². The predicted molar refractivity (Wildman–Crippen MR) is 94.8 cm³/mol. The normalized spacial score (nSPS) is 37.7. The summed E-state index contributed by atoms with van der Waals surface area (Å²) in [5.74, 6) is 0. The van der Waals surface area contributed by atoms with Crippen molar-refractivity contribution in [3.05, 3.63) is 35.4 Å². The molecule has 23 heavy (non-hydrogen) atoms. The van der Waals surface area contributed by atoms with Gasteiger partial charge in [0.25, 0.3) is 0 Å². The van der Waals surface area contributed by atoms with Gasteiger partial charge in [0, 0.05) is 6.04 Å². The molecule has 0 spiro atoms. The molecule has 0 unspecified atom stereocenters. The molecule has 126 valence electrons. The van der Waals surface area contributed by atoms with Crippen LogP contribution in [0.15, 0.2) is 24.3 Å². The molecule has 1 aromatic rings. The predicted octanol–water partition coefficient (Wildman–Crippen LogP) is 4.62. The number of rotatable bonds is 2. The third-order valence-electron chi connectivity index (χ3n) is 6.60. The van der Waals surface area contributed by atoms with Gasteiger partial charge in [-0.25, -0.2) is 0 Å². The lowest BCUT2D eigenvalue weighted by molar-refractivity contribution is 0.0827. The van der Waals surface area contributed by atoms with Crippen molar-refractivity contribution >= 4 is 0 Å². The molecule has 0 radical (unpaired) electrons. The summed E-state index contributed by atoms with van der Waals surface area (Å²) in [7, 11) is 0. The van der Waals surface area contributed by atoms with E-state index in [-0.39, 0.29) is 16.6 Å². The fourth-order valence-corrected chi connectivity index (χ4v) is 5.08. The Morgan fingerprint density at radius 2 is 1.70 bits per heavy atom. The number of nitrogens with zero attached hydrogens (tertiary/aromatic N) is 1. The zero-order valence-electron chi connectivity index (χ0n) is 15.2. The van der Waals surface area contributed by atoms with E-state index in [4.69, 9.17) is 4.74 Å². The van der Waals surface area contributed by atoms with Crippen LogP contribution < -0.4 is 0 Å². The van der Waals surface area contributed by atoms with Crippen LogP contribution in [0.5, 0.6) is 0 Å². The number of epoxide rings is 1. The SMILES string of the molecule is CC(C)(C)c1ccc([C@@]23CC[C@@H](N4CCCCC4)[C@]2(C)O3)cc1. The van der Waals surface area contributed by atoms with E-state index in [1.165, 1.54) is 56.3 Å². The molecule has 4 rings (SSSR count). The Labute approximate surface area is 141 Å². The summed E-state index contributed by atoms with van der Waals surface area (Å²) in [6.45, 7) is 11.7. The van der Waals surface area contributed by atoms with Crippen LogP contribution in [-0.4, -0.2) is 29.6 Å². The highest BCUT2D eigenvalue weighted by atomic mass is 16.6. The van der Waals surface area contributed by atoms with Crippen LogP contribution in [0.4, 0.5) is 0 Å². The number of ether oxygens (including phenoxy) is 1. The zero-order valence-corrected chi connectivity index (χ0v) is 15.2. The van der Waals surface area contributed by atoms with E-state index in [9.17, 15) is 0 Å². The molecule has 2 saturated heterocycles. The molecule has 3 fully saturated rings. The fourth-order valence-electron chi connectivity index (χ4n) is 5.08. The van der Waals surface area contributed by atoms with Gasteiger partial charge in [-0.15, -0.1) is 0 Å². The molecule has 3 atom stereocenters. The monoisotopic (exact) mass is 313 g/mol. The quantitative estimate of drug-likeness (QED) is 0.741. The molecule has 1 aliphatic carbocycles. The lowest BCUT2D eigenvalue weighted by Crippen LogP contribution is -2.45. The average Bonchev–Trinajstić information content (AvgIpc) is 3.04. The minimum atomic E-state index is -0.00840. The first-order valence-corrected chi connectivity index (χ1v) is 9.42. The smallest absolute Gasteiger partial charge is 0.124 e. The summed E-state index contributed by atoms with van der Waals surface area (Å²) in [4.78, 5) is 2.71. The van der Waals surface area contributed by atoms with Gasteiger partial charge in [-0.1, -0.05) is 51.5 Å². The summed E-state index contributed by atoms with van der Waals surface area (Å²) in [5, 5.41) is 0. The molecule has 2 heterocycles. The highest BCUT2D eigenvalue weighted by Crippen LogP contribution is 2.66. The number of piperidine rings is 1. The van der Waals surface area contributed by atoms with Crippen LogP contribution in [0.25, 0.3) is 0 Å². The highest BCUT2D eigenvalue weighted by molar-refractivity contribution is 5.40. The molecule has 1 saturated carbocycles. The largest absolute Gasteiger partial charge is 0.356 e. The Morgan fingerprint density at radius 1 is 1.04 bits per heavy atom. The Kier molecular flexibility index (Phi) is 3.45. The molecule has 0 bridgehead atoms. The van der Waals surface area contributed by atoms with Gasteiger partial charge in [-0.05, 0) is 62.2 Å². The van der Waals surface area contributed by atoms with Gasteiger partial charge in [-0.2, -0.15) is 0 Å². The topological polar surface area (TPSA) is 15.8 Å². The van der Waals surface area contributed by atoms with E-state index in [1.54, 1.807) is 0 Å². The minimum Gasteiger partial charge on any atom is -0.356 e. The molecule has 0 aromatic heterocycles. The molecule has 1 aromatic carbocycles. The Hall–Kier alpha value is -0.860. The van der Waals surface area contributed by atoms with Crippen molar-refractivity contribution in [2.45, 2.75) is 82.5 Å². The van der Waals surface area contributed by atoms with Crippen molar-refractivity contribution in [2.24, 2.45) is 0 Å². The Balaban J connectivity index is 1.57. The number of fused-ring (bicyclic) bond motifs is 1. The molecule has 0 N–H and O–H groups in total. The first-order valence-electron chi connectivity index (χ1n) is 9.42. The number of hydrogen-bond acceptors (Lipinski definition) is 2. The van der Waals surface area contributed by atoms with Crippen LogP contribution in [-0.2, 0) is 15.8 Å². The van der Waals surface area contributed by atoms with E-state index in [2.05, 4.69) is 56.9 Å². The lowest BCUT2D eigenvalue weighted by atomic mass is 9.83. The van der Waals surface area contributed by atoms with Crippen LogP contribution in [0.3, 0.4) is 0 Å². The van der Waals surface area contributed by atoms with E-state index in [1.807, 2.05) is 0 Å². The van der Waals surface area contributed by atoms with Gasteiger partial charge in [0.05, 0.1) is 0 Å². The molecule has 2 nitrogen and oxygen atoms in total. The van der Waals surface area contributed by atoms with Gasteiger partial charge >= 0.3 is 0 Å². The molecular formula is C21H31NO. The summed E-state index contributed by atoms with van der Waals surface area (Å²) in [5.41, 5.74) is 3.05. The van der Waals surface area contributed by atoms with Crippen LogP contribution in [0, 0.1) is 0 Å². The fraction of sp³-hybridized carbons (Fsp3) is 0.714. The van der Waals surface area contributed by atoms with Gasteiger partial charge in [0.2, 0.25) is 0 Å². The summed E-state index contributed by atoms with van der Waals surface area (Å²) < 4.78 is 6.46. The van der Waals surface area contributed by atoms with Crippen molar-refractivity contribution in [3.63, 3.8) is 0 Å². The second kappa shape index (κ2) is 5.07. The molecule has 3 aliphatic rings. The number of hydrogen-bond donors (Lipinski definition) is 0. The van der Waals surface area contributed by atoms with Crippen LogP contribution in [0.1, 0.15) is 70.9 Å². The zero-order chi connectivity index (χ0) is 16.3. The summed E-state index contributed by atoms with van der Waals surface area (Å²) in [6.07, 6.45) is 6.59. The minimum absolute atomic E-state index is 0.00840. The van der Waals surface area contributed by atoms with Gasteiger partial charge in [0.1, 0.15) is 11.2 Å². The lowest BCUT2D eigenvalue weighted by Gasteiger charge is -2.35. The Bertz CT molecular complexity index is 577. The van der Waals surface area contributed by atoms with E-state index < -0.39 is 0 Å². The number of likely N-dealkylation sites (tertiary alicyclic amines) is 1. The summed E-state index contributed by atoms with van der Waals surface area (Å²) >= 11 is 0. The maximum atomic E-state index is 6.46. The Morgan fingerprint density at radius 3 is 2.26 bits per heavy atom. The average molecular weight is 313 g/mol. The summed E-state index contributed by atoms with van der Waals surface area (Å²) in [6, 6.07) is 9.88. The second-order valence-electron chi connectivity index (χ2n) is 9.01. The molecular weight excluding hydrogens is 282 g/mol. The van der Waals surface area contributed by atoms with E-state index in [0.717, 1.165) is 0 Å². The molecule has 0 amide bonds. The first-order chi connectivity index (χ1) is 10.9. The van der Waals surface area contributed by atoms with Crippen molar-refractivity contribution < 1.29 is 4.74 Å². The standard InChI is InChI=1S/C21H31NO/c1-19(2,3)16-8-10-17(11-9-16)21-13-12-18(20(21,4)23-21)22-14-6-5-7-15-22/h8-11,18H,5-7,12-15H2,1-4H3/t18-,20+,21+/m1/s1. The van der Waals surface area contributed by atoms with Crippen molar-refractivity contribution in [2.75, 3.05) is 13.1 Å². The molecule has 2 aliphatic heterocycles. The van der Waals surface area contributed by atoms with E-state index >= 15 is 0 Å². The van der Waals surface area contributed by atoms with Gasteiger partial charge in [-0.3, -0.25) is 4.90 Å². The first kappa shape index (κ1) is 15.7. The van der Waals surface area contributed by atoms with Crippen molar-refractivity contribution in [1.82, 2.24) is 4.90 Å². The highest BCUT2D eigenvalue weighted by Gasteiger charge is 2.75.